The maximum absolute atomic E-state index is 12.9. The molecule has 1 aromatic carbocycles. The summed E-state index contributed by atoms with van der Waals surface area (Å²) in [6.45, 7) is 0. The van der Waals surface area contributed by atoms with Crippen molar-refractivity contribution in [3.8, 4) is 6.07 Å². The molecule has 1 aromatic heterocycles. The van der Waals surface area contributed by atoms with Crippen molar-refractivity contribution in [2.24, 2.45) is 0 Å². The zero-order chi connectivity index (χ0) is 12.3. The summed E-state index contributed by atoms with van der Waals surface area (Å²) >= 11 is 3.26. The van der Waals surface area contributed by atoms with Crippen molar-refractivity contribution in [1.82, 2.24) is 4.98 Å². The second kappa shape index (κ2) is 4.93. The number of hydrogen-bond acceptors (Lipinski definition) is 3. The third-order valence-corrected chi connectivity index (χ3v) is 2.74. The van der Waals surface area contributed by atoms with E-state index < -0.39 is 0 Å². The Morgan fingerprint density at radius 1 is 1.29 bits per heavy atom. The van der Waals surface area contributed by atoms with Gasteiger partial charge in [0.2, 0.25) is 0 Å². The van der Waals surface area contributed by atoms with Crippen LogP contribution in [-0.2, 0) is 0 Å². The van der Waals surface area contributed by atoms with Crippen molar-refractivity contribution in [2.45, 2.75) is 0 Å². The molecular formula is C12H7BrFN3. The van der Waals surface area contributed by atoms with Gasteiger partial charge in [0.05, 0.1) is 17.6 Å². The fourth-order valence-electron chi connectivity index (χ4n) is 1.28. The summed E-state index contributed by atoms with van der Waals surface area (Å²) in [5.41, 5.74) is 1.82. The van der Waals surface area contributed by atoms with Gasteiger partial charge in [0.1, 0.15) is 17.6 Å². The van der Waals surface area contributed by atoms with E-state index in [1.54, 1.807) is 24.4 Å². The molecule has 0 amide bonds. The molecule has 0 spiro atoms. The topological polar surface area (TPSA) is 48.7 Å². The van der Waals surface area contributed by atoms with Crippen molar-refractivity contribution >= 4 is 27.3 Å². The van der Waals surface area contributed by atoms with Crippen LogP contribution in [0, 0.1) is 17.1 Å². The first kappa shape index (κ1) is 11.6. The Bertz CT molecular complexity index is 575. The molecule has 0 saturated heterocycles. The van der Waals surface area contributed by atoms with Crippen LogP contribution >= 0.6 is 15.9 Å². The summed E-state index contributed by atoms with van der Waals surface area (Å²) in [6, 6.07) is 9.65. The average Bonchev–Trinajstić information content (AvgIpc) is 2.34. The molecule has 3 nitrogen and oxygen atoms in total. The first-order valence-electron chi connectivity index (χ1n) is 4.77. The Hall–Kier alpha value is -1.93. The molecule has 0 aliphatic carbocycles. The number of nitrogens with zero attached hydrogens (tertiary/aromatic N) is 2. The highest BCUT2D eigenvalue weighted by atomic mass is 79.9. The smallest absolute Gasteiger partial charge is 0.140 e. The Labute approximate surface area is 106 Å². The van der Waals surface area contributed by atoms with Crippen LogP contribution < -0.4 is 5.32 Å². The predicted molar refractivity (Wildman–Crippen MR) is 66.3 cm³/mol. The van der Waals surface area contributed by atoms with Crippen LogP contribution in [0.25, 0.3) is 0 Å². The van der Waals surface area contributed by atoms with E-state index in [-0.39, 0.29) is 5.82 Å². The standard InChI is InChI=1S/C12H7BrFN3/c13-11-5-8(14)1-4-12(11)17-10-3-2-9(6-15)16-7-10/h1-5,7,17H. The summed E-state index contributed by atoms with van der Waals surface area (Å²) in [6.07, 6.45) is 1.55. The van der Waals surface area contributed by atoms with E-state index in [0.717, 1.165) is 11.4 Å². The summed E-state index contributed by atoms with van der Waals surface area (Å²) in [5, 5.41) is 11.7. The van der Waals surface area contributed by atoms with Gasteiger partial charge in [0.15, 0.2) is 0 Å². The molecule has 0 saturated carbocycles. The molecule has 0 aliphatic heterocycles. The quantitative estimate of drug-likeness (QED) is 0.920. The number of halogens is 2. The summed E-state index contributed by atoms with van der Waals surface area (Å²) < 4.78 is 13.5. The van der Waals surface area contributed by atoms with Gasteiger partial charge >= 0.3 is 0 Å². The van der Waals surface area contributed by atoms with Crippen LogP contribution in [0.15, 0.2) is 41.0 Å². The Balaban J connectivity index is 2.23. The molecule has 0 bridgehead atoms. The summed E-state index contributed by atoms with van der Waals surface area (Å²) in [5.74, 6) is -0.305. The van der Waals surface area contributed by atoms with Gasteiger partial charge in [-0.1, -0.05) is 0 Å². The highest BCUT2D eigenvalue weighted by Crippen LogP contribution is 2.26. The first-order valence-corrected chi connectivity index (χ1v) is 5.56. The first-order chi connectivity index (χ1) is 8.19. The molecule has 0 radical (unpaired) electrons. The van der Waals surface area contributed by atoms with Gasteiger partial charge in [0.25, 0.3) is 0 Å². The van der Waals surface area contributed by atoms with Crippen molar-refractivity contribution in [2.75, 3.05) is 5.32 Å². The lowest BCUT2D eigenvalue weighted by atomic mass is 10.3. The molecule has 0 atom stereocenters. The SMILES string of the molecule is N#Cc1ccc(Nc2ccc(F)cc2Br)cn1. The molecule has 5 heteroatoms. The van der Waals surface area contributed by atoms with Gasteiger partial charge in [-0.15, -0.1) is 0 Å². The van der Waals surface area contributed by atoms with E-state index in [1.165, 1.54) is 12.1 Å². The lowest BCUT2D eigenvalue weighted by molar-refractivity contribution is 0.627. The minimum Gasteiger partial charge on any atom is -0.353 e. The number of nitrogens with one attached hydrogen (secondary N) is 1. The monoisotopic (exact) mass is 291 g/mol. The number of nitriles is 1. The molecule has 1 N–H and O–H groups in total. The lowest BCUT2D eigenvalue weighted by Gasteiger charge is -2.07. The fraction of sp³-hybridized carbons (Fsp3) is 0. The van der Waals surface area contributed by atoms with E-state index in [9.17, 15) is 4.39 Å². The number of pyridine rings is 1. The molecule has 84 valence electrons. The minimum atomic E-state index is -0.305. The van der Waals surface area contributed by atoms with Crippen LogP contribution in [0.3, 0.4) is 0 Å². The molecule has 0 fully saturated rings. The van der Waals surface area contributed by atoms with Crippen LogP contribution in [-0.4, -0.2) is 4.98 Å². The molecule has 0 aliphatic rings. The maximum atomic E-state index is 12.9. The van der Waals surface area contributed by atoms with Gasteiger partial charge in [-0.3, -0.25) is 0 Å². The highest BCUT2D eigenvalue weighted by Gasteiger charge is 2.02. The second-order valence-corrected chi connectivity index (χ2v) is 4.15. The molecule has 1 heterocycles. The highest BCUT2D eigenvalue weighted by molar-refractivity contribution is 9.10. The largest absolute Gasteiger partial charge is 0.353 e. The van der Waals surface area contributed by atoms with E-state index in [0.29, 0.717) is 10.2 Å². The van der Waals surface area contributed by atoms with Crippen LogP contribution in [0.1, 0.15) is 5.69 Å². The van der Waals surface area contributed by atoms with Crippen molar-refractivity contribution in [1.29, 1.82) is 5.26 Å². The lowest BCUT2D eigenvalue weighted by Crippen LogP contribution is -1.93. The number of anilines is 2. The van der Waals surface area contributed by atoms with Gasteiger partial charge in [-0.25, -0.2) is 9.37 Å². The van der Waals surface area contributed by atoms with Crippen molar-refractivity contribution < 1.29 is 4.39 Å². The number of rotatable bonds is 2. The van der Waals surface area contributed by atoms with Crippen molar-refractivity contribution in [3.63, 3.8) is 0 Å². The van der Waals surface area contributed by atoms with E-state index in [1.807, 2.05) is 6.07 Å². The Kier molecular flexibility index (Phi) is 3.35. The Morgan fingerprint density at radius 3 is 2.71 bits per heavy atom. The molecule has 0 unspecified atom stereocenters. The van der Waals surface area contributed by atoms with E-state index in [4.69, 9.17) is 5.26 Å². The third kappa shape index (κ3) is 2.80. The van der Waals surface area contributed by atoms with Gasteiger partial charge < -0.3 is 5.32 Å². The summed E-state index contributed by atoms with van der Waals surface area (Å²) in [7, 11) is 0. The van der Waals surface area contributed by atoms with Gasteiger partial charge in [-0.2, -0.15) is 5.26 Å². The Morgan fingerprint density at radius 2 is 2.12 bits per heavy atom. The van der Waals surface area contributed by atoms with Crippen LogP contribution in [0.5, 0.6) is 0 Å². The molecular weight excluding hydrogens is 285 g/mol. The molecule has 2 aromatic rings. The minimum absolute atomic E-state index is 0.305. The van der Waals surface area contributed by atoms with Crippen LogP contribution in [0.4, 0.5) is 15.8 Å². The van der Waals surface area contributed by atoms with Gasteiger partial charge in [0, 0.05) is 4.47 Å². The third-order valence-electron chi connectivity index (χ3n) is 2.09. The fourth-order valence-corrected chi connectivity index (χ4v) is 1.73. The zero-order valence-corrected chi connectivity index (χ0v) is 10.2. The molecule has 17 heavy (non-hydrogen) atoms. The zero-order valence-electron chi connectivity index (χ0n) is 8.61. The number of aromatic nitrogens is 1. The van der Waals surface area contributed by atoms with E-state index >= 15 is 0 Å². The molecule has 2 rings (SSSR count). The van der Waals surface area contributed by atoms with Crippen LogP contribution in [0.2, 0.25) is 0 Å². The van der Waals surface area contributed by atoms with E-state index in [2.05, 4.69) is 26.2 Å². The van der Waals surface area contributed by atoms with Gasteiger partial charge in [-0.05, 0) is 46.3 Å². The second-order valence-electron chi connectivity index (χ2n) is 3.29. The number of hydrogen-bond donors (Lipinski definition) is 1. The predicted octanol–water partition coefficient (Wildman–Crippen LogP) is 3.60. The number of benzene rings is 1. The summed E-state index contributed by atoms with van der Waals surface area (Å²) in [4.78, 5) is 3.93. The average molecular weight is 292 g/mol. The van der Waals surface area contributed by atoms with Crippen molar-refractivity contribution in [3.05, 3.63) is 52.5 Å². The maximum Gasteiger partial charge on any atom is 0.140 e. The normalized spacial score (nSPS) is 9.71.